The minimum absolute atomic E-state index is 0.163. The summed E-state index contributed by atoms with van der Waals surface area (Å²) in [6.45, 7) is 1.33. The van der Waals surface area contributed by atoms with Crippen molar-refractivity contribution in [3.8, 4) is 0 Å². The minimum atomic E-state index is -0.968. The number of hydrogen-bond acceptors (Lipinski definition) is 5. The number of aliphatic hydroxyl groups excluding tert-OH is 2. The Labute approximate surface area is 77.6 Å². The fraction of sp³-hybridized carbons (Fsp3) is 0.857. The number of nitrogens with zero attached hydrogens (tertiary/aromatic N) is 1. The molecule has 5 N–H and O–H groups in total. The Morgan fingerprint density at radius 3 is 1.77 bits per heavy atom. The first-order chi connectivity index (χ1) is 6.08. The number of hydrogen-bond donors (Lipinski definition) is 4. The largest absolute Gasteiger partial charge is 0.480 e. The van der Waals surface area contributed by atoms with Crippen molar-refractivity contribution in [3.05, 3.63) is 0 Å². The molecule has 0 rings (SSSR count). The first-order valence-electron chi connectivity index (χ1n) is 3.90. The molecule has 0 aromatic heterocycles. The van der Waals surface area contributed by atoms with Gasteiger partial charge in [0.2, 0.25) is 0 Å². The van der Waals surface area contributed by atoms with Gasteiger partial charge in [-0.15, -0.1) is 0 Å². The number of carboxylic acids is 1. The SMILES string of the molecule is CN(CCO)CCO.NCC(=O)O. The van der Waals surface area contributed by atoms with Crippen LogP contribution in [0.4, 0.5) is 0 Å². The Balaban J connectivity index is 0. The van der Waals surface area contributed by atoms with Crippen LogP contribution in [0.2, 0.25) is 0 Å². The zero-order valence-electron chi connectivity index (χ0n) is 7.81. The number of carbonyl (C=O) groups is 1. The molecule has 0 saturated heterocycles. The molecule has 0 aliphatic heterocycles. The monoisotopic (exact) mass is 194 g/mol. The van der Waals surface area contributed by atoms with Gasteiger partial charge in [-0.2, -0.15) is 0 Å². The first-order valence-corrected chi connectivity index (χ1v) is 3.90. The predicted molar refractivity (Wildman–Crippen MR) is 48.4 cm³/mol. The van der Waals surface area contributed by atoms with E-state index in [0.717, 1.165) is 0 Å². The van der Waals surface area contributed by atoms with E-state index in [1.165, 1.54) is 0 Å². The third-order valence-corrected chi connectivity index (χ3v) is 1.14. The van der Waals surface area contributed by atoms with Crippen LogP contribution in [0.5, 0.6) is 0 Å². The Morgan fingerprint density at radius 2 is 1.62 bits per heavy atom. The number of nitrogens with two attached hydrogens (primary N) is 1. The van der Waals surface area contributed by atoms with E-state index in [0.29, 0.717) is 13.1 Å². The van der Waals surface area contributed by atoms with Gasteiger partial charge in [0.25, 0.3) is 0 Å². The second-order valence-corrected chi connectivity index (χ2v) is 2.35. The summed E-state index contributed by atoms with van der Waals surface area (Å²) in [5.74, 6) is -0.968. The molecule has 0 radical (unpaired) electrons. The normalized spacial score (nSPS) is 9.31. The average Bonchev–Trinajstić information content (AvgIpc) is 2.06. The highest BCUT2D eigenvalue weighted by molar-refractivity contribution is 5.68. The quantitative estimate of drug-likeness (QED) is 0.400. The van der Waals surface area contributed by atoms with E-state index < -0.39 is 5.97 Å². The lowest BCUT2D eigenvalue weighted by molar-refractivity contribution is -0.135. The maximum Gasteiger partial charge on any atom is 0.317 e. The number of aliphatic carboxylic acids is 1. The van der Waals surface area contributed by atoms with Crippen LogP contribution in [0.15, 0.2) is 0 Å². The highest BCUT2D eigenvalue weighted by Gasteiger charge is 1.91. The van der Waals surface area contributed by atoms with Crippen LogP contribution in [-0.4, -0.2) is 66.1 Å². The Bertz CT molecular complexity index is 115. The molecule has 0 unspecified atom stereocenters. The molecule has 0 heterocycles. The summed E-state index contributed by atoms with van der Waals surface area (Å²) < 4.78 is 0. The van der Waals surface area contributed by atoms with Crippen molar-refractivity contribution in [3.63, 3.8) is 0 Å². The van der Waals surface area contributed by atoms with Crippen molar-refractivity contribution < 1.29 is 20.1 Å². The van der Waals surface area contributed by atoms with Crippen LogP contribution in [0.25, 0.3) is 0 Å². The smallest absolute Gasteiger partial charge is 0.317 e. The number of aliphatic hydroxyl groups is 2. The molecule has 0 spiro atoms. The lowest BCUT2D eigenvalue weighted by atomic mass is 10.5. The summed E-state index contributed by atoms with van der Waals surface area (Å²) in [6.07, 6.45) is 0. The fourth-order valence-electron chi connectivity index (χ4n) is 0.453. The molecule has 6 nitrogen and oxygen atoms in total. The molecule has 80 valence electrons. The third kappa shape index (κ3) is 18.3. The van der Waals surface area contributed by atoms with Gasteiger partial charge in [0, 0.05) is 13.1 Å². The number of likely N-dealkylation sites (N-methyl/N-ethyl adjacent to an activating group) is 1. The summed E-state index contributed by atoms with van der Waals surface area (Å²) in [6, 6.07) is 0. The van der Waals surface area contributed by atoms with Crippen molar-refractivity contribution in [2.45, 2.75) is 0 Å². The highest BCUT2D eigenvalue weighted by atomic mass is 16.4. The van der Waals surface area contributed by atoms with Crippen LogP contribution >= 0.6 is 0 Å². The highest BCUT2D eigenvalue weighted by Crippen LogP contribution is 1.76. The minimum Gasteiger partial charge on any atom is -0.480 e. The average molecular weight is 194 g/mol. The van der Waals surface area contributed by atoms with E-state index in [1.54, 1.807) is 0 Å². The van der Waals surface area contributed by atoms with E-state index in [9.17, 15) is 4.79 Å². The van der Waals surface area contributed by atoms with Gasteiger partial charge in [0.15, 0.2) is 0 Å². The lowest BCUT2D eigenvalue weighted by Gasteiger charge is -2.11. The summed E-state index contributed by atoms with van der Waals surface area (Å²) >= 11 is 0. The predicted octanol–water partition coefficient (Wildman–Crippen LogP) is -2.07. The van der Waals surface area contributed by atoms with Crippen molar-refractivity contribution in [1.82, 2.24) is 4.90 Å². The van der Waals surface area contributed by atoms with E-state index in [2.05, 4.69) is 5.73 Å². The molecule has 0 aliphatic rings. The van der Waals surface area contributed by atoms with Crippen molar-refractivity contribution in [1.29, 1.82) is 0 Å². The fourth-order valence-corrected chi connectivity index (χ4v) is 0.453. The van der Waals surface area contributed by atoms with Gasteiger partial charge in [0.1, 0.15) is 0 Å². The standard InChI is InChI=1S/C5H13NO2.C2H5NO2/c1-6(2-4-7)3-5-8;3-1-2(4)5/h7-8H,2-5H2,1H3;1,3H2,(H,4,5). The van der Waals surface area contributed by atoms with Gasteiger partial charge in [0.05, 0.1) is 19.8 Å². The molecule has 0 aromatic rings. The molecule has 6 heteroatoms. The van der Waals surface area contributed by atoms with E-state index >= 15 is 0 Å². The molecular weight excluding hydrogens is 176 g/mol. The Hall–Kier alpha value is -0.690. The van der Waals surface area contributed by atoms with Gasteiger partial charge in [-0.05, 0) is 7.05 Å². The Kier molecular flexibility index (Phi) is 12.9. The van der Waals surface area contributed by atoms with Crippen LogP contribution < -0.4 is 5.73 Å². The van der Waals surface area contributed by atoms with Gasteiger partial charge < -0.3 is 26.0 Å². The van der Waals surface area contributed by atoms with Crippen molar-refractivity contribution in [2.24, 2.45) is 5.73 Å². The van der Waals surface area contributed by atoms with Crippen LogP contribution in [-0.2, 0) is 4.79 Å². The molecule has 0 bridgehead atoms. The zero-order chi connectivity index (χ0) is 10.7. The van der Waals surface area contributed by atoms with Crippen LogP contribution in [0.3, 0.4) is 0 Å². The summed E-state index contributed by atoms with van der Waals surface area (Å²) in [5.41, 5.74) is 4.57. The van der Waals surface area contributed by atoms with Gasteiger partial charge >= 0.3 is 5.97 Å². The van der Waals surface area contributed by atoms with Crippen molar-refractivity contribution in [2.75, 3.05) is 39.9 Å². The van der Waals surface area contributed by atoms with E-state index in [4.69, 9.17) is 15.3 Å². The van der Waals surface area contributed by atoms with Crippen LogP contribution in [0, 0.1) is 0 Å². The summed E-state index contributed by atoms with van der Waals surface area (Å²) in [7, 11) is 1.85. The van der Waals surface area contributed by atoms with Gasteiger partial charge in [-0.25, -0.2) is 0 Å². The topological polar surface area (TPSA) is 107 Å². The number of rotatable bonds is 5. The third-order valence-electron chi connectivity index (χ3n) is 1.14. The molecule has 0 fully saturated rings. The van der Waals surface area contributed by atoms with E-state index in [1.807, 2.05) is 11.9 Å². The second kappa shape index (κ2) is 11.3. The van der Waals surface area contributed by atoms with Crippen molar-refractivity contribution >= 4 is 5.97 Å². The zero-order valence-corrected chi connectivity index (χ0v) is 7.81. The Morgan fingerprint density at radius 1 is 1.31 bits per heavy atom. The summed E-state index contributed by atoms with van der Waals surface area (Å²) in [4.78, 5) is 11.1. The molecule has 13 heavy (non-hydrogen) atoms. The van der Waals surface area contributed by atoms with Gasteiger partial charge in [-0.1, -0.05) is 0 Å². The summed E-state index contributed by atoms with van der Waals surface area (Å²) in [5, 5.41) is 24.3. The number of carboxylic acid groups (broad SMARTS) is 1. The molecule has 0 saturated carbocycles. The second-order valence-electron chi connectivity index (χ2n) is 2.35. The molecular formula is C7H18N2O4. The molecule has 0 atom stereocenters. The lowest BCUT2D eigenvalue weighted by Crippen LogP contribution is -2.25. The van der Waals surface area contributed by atoms with Gasteiger partial charge in [-0.3, -0.25) is 4.79 Å². The molecule has 0 aliphatic carbocycles. The maximum absolute atomic E-state index is 9.24. The molecule has 0 amide bonds. The first kappa shape index (κ1) is 14.8. The van der Waals surface area contributed by atoms with Crippen LogP contribution in [0.1, 0.15) is 0 Å². The molecule has 0 aromatic carbocycles. The maximum atomic E-state index is 9.24. The van der Waals surface area contributed by atoms with E-state index in [-0.39, 0.29) is 19.8 Å².